The Hall–Kier alpha value is -2.15. The van der Waals surface area contributed by atoms with Gasteiger partial charge < -0.3 is 9.42 Å². The molecule has 7 heteroatoms. The fourth-order valence-electron chi connectivity index (χ4n) is 4.33. The Morgan fingerprint density at radius 2 is 2.04 bits per heavy atom. The van der Waals surface area contributed by atoms with Gasteiger partial charge in [0.05, 0.1) is 11.9 Å². The van der Waals surface area contributed by atoms with Crippen LogP contribution in [0.2, 0.25) is 0 Å². The number of nitrogens with zero attached hydrogens (tertiary/aromatic N) is 5. The summed E-state index contributed by atoms with van der Waals surface area (Å²) in [4.78, 5) is 17.1. The topological polar surface area (TPSA) is 67.4 Å². The average molecular weight is 386 g/mol. The summed E-state index contributed by atoms with van der Waals surface area (Å²) >= 11 is 0. The van der Waals surface area contributed by atoms with Crippen molar-refractivity contribution >= 4 is 5.91 Å². The molecular weight excluding hydrogens is 354 g/mol. The van der Waals surface area contributed by atoms with Crippen molar-refractivity contribution in [3.63, 3.8) is 0 Å². The third-order valence-electron chi connectivity index (χ3n) is 6.46. The summed E-state index contributed by atoms with van der Waals surface area (Å²) in [5.74, 6) is 1.40. The van der Waals surface area contributed by atoms with Crippen LogP contribution in [0.5, 0.6) is 0 Å². The molecule has 2 aromatic heterocycles. The molecule has 1 atom stereocenters. The SMILES string of the molecule is Cc1c(CN2CCCC(c3cc(C(=O)N4CCC(C)CC4)on3)C2)cnn1C. The summed E-state index contributed by atoms with van der Waals surface area (Å²) < 4.78 is 7.39. The lowest BCUT2D eigenvalue weighted by molar-refractivity contribution is 0.0655. The smallest absolute Gasteiger partial charge is 0.292 e. The maximum atomic E-state index is 12.7. The van der Waals surface area contributed by atoms with Gasteiger partial charge in [-0.15, -0.1) is 0 Å². The van der Waals surface area contributed by atoms with E-state index in [2.05, 4.69) is 29.0 Å². The Labute approximate surface area is 166 Å². The summed E-state index contributed by atoms with van der Waals surface area (Å²) in [6.07, 6.45) is 6.31. The zero-order valence-electron chi connectivity index (χ0n) is 17.2. The molecule has 1 amide bonds. The van der Waals surface area contributed by atoms with E-state index in [0.717, 1.165) is 64.1 Å². The molecule has 0 aromatic carbocycles. The lowest BCUT2D eigenvalue weighted by Crippen LogP contribution is -2.37. The van der Waals surface area contributed by atoms with E-state index in [-0.39, 0.29) is 5.91 Å². The number of rotatable bonds is 4. The van der Waals surface area contributed by atoms with Gasteiger partial charge in [-0.05, 0) is 45.1 Å². The third-order valence-corrected chi connectivity index (χ3v) is 6.46. The van der Waals surface area contributed by atoms with E-state index in [0.29, 0.717) is 17.6 Å². The molecule has 0 spiro atoms. The van der Waals surface area contributed by atoms with Crippen LogP contribution in [-0.2, 0) is 13.6 Å². The van der Waals surface area contributed by atoms with Gasteiger partial charge >= 0.3 is 0 Å². The first-order valence-electron chi connectivity index (χ1n) is 10.5. The fraction of sp³-hybridized carbons (Fsp3) is 0.667. The first-order valence-corrected chi connectivity index (χ1v) is 10.5. The first kappa shape index (κ1) is 19.2. The van der Waals surface area contributed by atoms with Crippen LogP contribution in [0.25, 0.3) is 0 Å². The van der Waals surface area contributed by atoms with Crippen molar-refractivity contribution in [2.24, 2.45) is 13.0 Å². The molecule has 2 aliphatic heterocycles. The number of aryl methyl sites for hydroxylation is 1. The Bertz CT molecular complexity index is 819. The molecule has 0 N–H and O–H groups in total. The summed E-state index contributed by atoms with van der Waals surface area (Å²) in [6, 6.07) is 1.88. The van der Waals surface area contributed by atoms with Crippen LogP contribution in [0.3, 0.4) is 0 Å². The molecule has 0 saturated carbocycles. The molecule has 0 bridgehead atoms. The molecular formula is C21H31N5O2. The molecule has 2 aliphatic rings. The predicted molar refractivity (Wildman–Crippen MR) is 106 cm³/mol. The maximum Gasteiger partial charge on any atom is 0.292 e. The zero-order chi connectivity index (χ0) is 19.7. The monoisotopic (exact) mass is 385 g/mol. The number of carbonyl (C=O) groups is 1. The third kappa shape index (κ3) is 3.99. The minimum Gasteiger partial charge on any atom is -0.351 e. The minimum atomic E-state index is -0.00991. The van der Waals surface area contributed by atoms with E-state index >= 15 is 0 Å². The van der Waals surface area contributed by atoms with Gasteiger partial charge in [0.25, 0.3) is 5.91 Å². The Morgan fingerprint density at radius 3 is 2.75 bits per heavy atom. The summed E-state index contributed by atoms with van der Waals surface area (Å²) in [5.41, 5.74) is 3.41. The van der Waals surface area contributed by atoms with Gasteiger partial charge in [0.2, 0.25) is 5.76 Å². The van der Waals surface area contributed by atoms with E-state index in [1.807, 2.05) is 28.9 Å². The molecule has 152 valence electrons. The number of carbonyl (C=O) groups excluding carboxylic acids is 1. The molecule has 2 fully saturated rings. The van der Waals surface area contributed by atoms with Gasteiger partial charge in [0, 0.05) is 56.5 Å². The standard InChI is InChI=1S/C21H31N5O2/c1-15-6-9-26(10-7-15)21(27)20-11-19(23-28-20)17-5-4-8-25(13-17)14-18-12-22-24(3)16(18)2/h11-12,15,17H,4-10,13-14H2,1-3H3. The van der Waals surface area contributed by atoms with Crippen LogP contribution in [0.1, 0.15) is 66.0 Å². The van der Waals surface area contributed by atoms with Crippen molar-refractivity contribution in [1.29, 1.82) is 0 Å². The van der Waals surface area contributed by atoms with Crippen molar-refractivity contribution in [3.05, 3.63) is 35.0 Å². The highest BCUT2D eigenvalue weighted by Gasteiger charge is 2.28. The largest absolute Gasteiger partial charge is 0.351 e. The second-order valence-electron chi connectivity index (χ2n) is 8.54. The highest BCUT2D eigenvalue weighted by atomic mass is 16.5. The second kappa shape index (κ2) is 8.07. The molecule has 7 nitrogen and oxygen atoms in total. The van der Waals surface area contributed by atoms with Gasteiger partial charge in [-0.1, -0.05) is 12.1 Å². The minimum absolute atomic E-state index is 0.00991. The van der Waals surface area contributed by atoms with Crippen LogP contribution in [-0.4, -0.2) is 56.8 Å². The van der Waals surface area contributed by atoms with E-state index in [9.17, 15) is 4.79 Å². The van der Waals surface area contributed by atoms with Gasteiger partial charge in [-0.25, -0.2) is 0 Å². The van der Waals surface area contributed by atoms with Gasteiger partial charge in [-0.3, -0.25) is 14.4 Å². The molecule has 2 aromatic rings. The lowest BCUT2D eigenvalue weighted by Gasteiger charge is -2.31. The molecule has 4 rings (SSSR count). The maximum absolute atomic E-state index is 12.7. The van der Waals surface area contributed by atoms with Crippen molar-refractivity contribution in [3.8, 4) is 0 Å². The predicted octanol–water partition coefficient (Wildman–Crippen LogP) is 2.97. The van der Waals surface area contributed by atoms with Crippen LogP contribution in [0.15, 0.2) is 16.8 Å². The van der Waals surface area contributed by atoms with Crippen molar-refractivity contribution in [1.82, 2.24) is 24.7 Å². The second-order valence-corrected chi connectivity index (χ2v) is 8.54. The fourth-order valence-corrected chi connectivity index (χ4v) is 4.33. The Balaban J connectivity index is 1.39. The molecule has 0 aliphatic carbocycles. The normalized spacial score (nSPS) is 22.0. The van der Waals surface area contributed by atoms with E-state index < -0.39 is 0 Å². The molecule has 28 heavy (non-hydrogen) atoms. The summed E-state index contributed by atoms with van der Waals surface area (Å²) in [5, 5.41) is 8.62. The number of aromatic nitrogens is 3. The first-order chi connectivity index (χ1) is 13.5. The van der Waals surface area contributed by atoms with Crippen LogP contribution in [0, 0.1) is 12.8 Å². The van der Waals surface area contributed by atoms with Crippen LogP contribution in [0.4, 0.5) is 0 Å². The average Bonchev–Trinajstić information content (AvgIpc) is 3.31. The highest BCUT2D eigenvalue weighted by molar-refractivity contribution is 5.91. The van der Waals surface area contributed by atoms with Gasteiger partial charge in [0.1, 0.15) is 0 Å². The number of hydrogen-bond acceptors (Lipinski definition) is 5. The van der Waals surface area contributed by atoms with Crippen molar-refractivity contribution in [2.75, 3.05) is 26.2 Å². The van der Waals surface area contributed by atoms with Crippen molar-refractivity contribution < 1.29 is 9.32 Å². The number of hydrogen-bond donors (Lipinski definition) is 0. The summed E-state index contributed by atoms with van der Waals surface area (Å²) in [7, 11) is 1.98. The zero-order valence-corrected chi connectivity index (χ0v) is 17.2. The number of likely N-dealkylation sites (tertiary alicyclic amines) is 2. The molecule has 4 heterocycles. The molecule has 2 saturated heterocycles. The van der Waals surface area contributed by atoms with Crippen LogP contribution < -0.4 is 0 Å². The highest BCUT2D eigenvalue weighted by Crippen LogP contribution is 2.28. The number of amides is 1. The Morgan fingerprint density at radius 1 is 1.25 bits per heavy atom. The quantitative estimate of drug-likeness (QED) is 0.809. The van der Waals surface area contributed by atoms with Gasteiger partial charge in [0.15, 0.2) is 0 Å². The van der Waals surface area contributed by atoms with E-state index in [1.54, 1.807) is 0 Å². The van der Waals surface area contributed by atoms with E-state index in [4.69, 9.17) is 4.52 Å². The van der Waals surface area contributed by atoms with Crippen LogP contribution >= 0.6 is 0 Å². The summed E-state index contributed by atoms with van der Waals surface area (Å²) in [6.45, 7) is 8.92. The van der Waals surface area contributed by atoms with Gasteiger partial charge in [-0.2, -0.15) is 5.10 Å². The molecule has 0 radical (unpaired) electrons. The number of piperidine rings is 2. The molecule has 1 unspecified atom stereocenters. The lowest BCUT2D eigenvalue weighted by atomic mass is 9.94. The van der Waals surface area contributed by atoms with E-state index in [1.165, 1.54) is 11.3 Å². The Kier molecular flexibility index (Phi) is 5.53. The van der Waals surface area contributed by atoms with Crippen molar-refractivity contribution in [2.45, 2.75) is 52.0 Å².